The zero-order valence-electron chi connectivity index (χ0n) is 11.5. The van der Waals surface area contributed by atoms with Gasteiger partial charge in [0.1, 0.15) is 0 Å². The summed E-state index contributed by atoms with van der Waals surface area (Å²) in [4.78, 5) is 36.4. The van der Waals surface area contributed by atoms with Crippen molar-refractivity contribution < 1.29 is 9.59 Å². The molecule has 1 aromatic heterocycles. The van der Waals surface area contributed by atoms with Crippen LogP contribution in [0.3, 0.4) is 0 Å². The van der Waals surface area contributed by atoms with Gasteiger partial charge in [-0.2, -0.15) is 0 Å². The molecule has 7 heteroatoms. The number of nitrogens with one attached hydrogen (secondary N) is 3. The van der Waals surface area contributed by atoms with E-state index >= 15 is 0 Å². The van der Waals surface area contributed by atoms with Gasteiger partial charge in [-0.05, 0) is 13.8 Å². The molecule has 0 saturated heterocycles. The van der Waals surface area contributed by atoms with Crippen LogP contribution in [0, 0.1) is 13.8 Å². The zero-order chi connectivity index (χ0) is 14.4. The second-order valence-corrected chi connectivity index (χ2v) is 4.38. The van der Waals surface area contributed by atoms with E-state index in [0.29, 0.717) is 19.6 Å². The van der Waals surface area contributed by atoms with Crippen LogP contribution in [0.4, 0.5) is 0 Å². The van der Waals surface area contributed by atoms with E-state index in [9.17, 15) is 14.4 Å². The van der Waals surface area contributed by atoms with Gasteiger partial charge in [0, 0.05) is 44.4 Å². The Bertz CT molecular complexity index is 516. The number of rotatable bonds is 6. The van der Waals surface area contributed by atoms with Crippen LogP contribution in [0.15, 0.2) is 4.79 Å². The van der Waals surface area contributed by atoms with Crippen LogP contribution in [0.1, 0.15) is 24.7 Å². The quantitative estimate of drug-likeness (QED) is 0.603. The first-order valence-electron chi connectivity index (χ1n) is 6.19. The molecule has 0 unspecified atom stereocenters. The number of carbonyl (C=O) groups excluding carboxylic acids is 2. The highest BCUT2D eigenvalue weighted by atomic mass is 16.2. The highest BCUT2D eigenvalue weighted by Crippen LogP contribution is 2.00. The fourth-order valence-corrected chi connectivity index (χ4v) is 1.68. The molecule has 0 aliphatic heterocycles. The molecular formula is C12H20N4O3. The van der Waals surface area contributed by atoms with E-state index in [1.165, 1.54) is 6.92 Å². The number of amides is 2. The van der Waals surface area contributed by atoms with Gasteiger partial charge in [-0.1, -0.05) is 0 Å². The molecule has 0 aliphatic rings. The molecule has 106 valence electrons. The normalized spacial score (nSPS) is 10.3. The molecule has 0 radical (unpaired) electrons. The minimum atomic E-state index is -0.193. The Balaban J connectivity index is 2.34. The second-order valence-electron chi connectivity index (χ2n) is 4.38. The SMILES string of the molecule is CC(=O)NCCNC(=O)CCn1c(C)c(C)[nH]c1=O. The predicted molar refractivity (Wildman–Crippen MR) is 70.8 cm³/mol. The summed E-state index contributed by atoms with van der Waals surface area (Å²) in [7, 11) is 0. The van der Waals surface area contributed by atoms with Crippen LogP contribution in [-0.2, 0) is 16.1 Å². The predicted octanol–water partition coefficient (Wildman–Crippen LogP) is -0.564. The molecule has 0 aliphatic carbocycles. The molecule has 3 N–H and O–H groups in total. The van der Waals surface area contributed by atoms with Crippen molar-refractivity contribution in [3.05, 3.63) is 21.9 Å². The van der Waals surface area contributed by atoms with E-state index in [2.05, 4.69) is 15.6 Å². The van der Waals surface area contributed by atoms with Gasteiger partial charge >= 0.3 is 5.69 Å². The maximum atomic E-state index is 11.5. The van der Waals surface area contributed by atoms with Crippen LogP contribution in [-0.4, -0.2) is 34.5 Å². The number of imidazole rings is 1. The Morgan fingerprint density at radius 2 is 1.84 bits per heavy atom. The van der Waals surface area contributed by atoms with E-state index in [4.69, 9.17) is 0 Å². The van der Waals surface area contributed by atoms with E-state index in [1.807, 2.05) is 13.8 Å². The number of aromatic nitrogens is 2. The lowest BCUT2D eigenvalue weighted by atomic mass is 10.3. The van der Waals surface area contributed by atoms with E-state index < -0.39 is 0 Å². The average Bonchev–Trinajstić information content (AvgIpc) is 2.57. The zero-order valence-corrected chi connectivity index (χ0v) is 11.5. The van der Waals surface area contributed by atoms with E-state index in [-0.39, 0.29) is 23.9 Å². The highest BCUT2D eigenvalue weighted by Gasteiger charge is 2.08. The third kappa shape index (κ3) is 4.61. The summed E-state index contributed by atoms with van der Waals surface area (Å²) in [5.41, 5.74) is 1.47. The summed E-state index contributed by atoms with van der Waals surface area (Å²) in [6.07, 6.45) is 0.234. The molecule has 7 nitrogen and oxygen atoms in total. The van der Waals surface area contributed by atoms with Crippen LogP contribution in [0.2, 0.25) is 0 Å². The van der Waals surface area contributed by atoms with Gasteiger partial charge < -0.3 is 15.6 Å². The molecule has 0 atom stereocenters. The Morgan fingerprint density at radius 3 is 2.37 bits per heavy atom. The number of hydrogen-bond donors (Lipinski definition) is 3. The van der Waals surface area contributed by atoms with Gasteiger partial charge in [0.05, 0.1) is 0 Å². The smallest absolute Gasteiger partial charge is 0.325 e. The molecule has 2 amide bonds. The topological polar surface area (TPSA) is 96.0 Å². The number of hydrogen-bond acceptors (Lipinski definition) is 3. The number of aromatic amines is 1. The third-order valence-corrected chi connectivity index (χ3v) is 2.87. The Hall–Kier alpha value is -2.05. The summed E-state index contributed by atoms with van der Waals surface area (Å²) in [5.74, 6) is -0.269. The highest BCUT2D eigenvalue weighted by molar-refractivity contribution is 5.76. The molecule has 19 heavy (non-hydrogen) atoms. The van der Waals surface area contributed by atoms with Crippen LogP contribution in [0.5, 0.6) is 0 Å². The molecule has 0 saturated carbocycles. The maximum absolute atomic E-state index is 11.5. The monoisotopic (exact) mass is 268 g/mol. The molecule has 1 aromatic rings. The maximum Gasteiger partial charge on any atom is 0.325 e. The number of H-pyrrole nitrogens is 1. The fraction of sp³-hybridized carbons (Fsp3) is 0.583. The van der Waals surface area contributed by atoms with Crippen molar-refractivity contribution in [1.82, 2.24) is 20.2 Å². The molecule has 0 spiro atoms. The van der Waals surface area contributed by atoms with Crippen molar-refractivity contribution in [3.8, 4) is 0 Å². The van der Waals surface area contributed by atoms with Crippen LogP contribution in [0.25, 0.3) is 0 Å². The number of aryl methyl sites for hydroxylation is 1. The lowest BCUT2D eigenvalue weighted by Gasteiger charge is -2.07. The van der Waals surface area contributed by atoms with Gasteiger partial charge in [-0.15, -0.1) is 0 Å². The summed E-state index contributed by atoms with van der Waals surface area (Å²) >= 11 is 0. The second kappa shape index (κ2) is 6.77. The first-order valence-corrected chi connectivity index (χ1v) is 6.19. The molecule has 1 heterocycles. The third-order valence-electron chi connectivity index (χ3n) is 2.87. The Kier molecular flexibility index (Phi) is 5.35. The van der Waals surface area contributed by atoms with E-state index in [1.54, 1.807) is 4.57 Å². The van der Waals surface area contributed by atoms with Crippen molar-refractivity contribution in [2.75, 3.05) is 13.1 Å². The first kappa shape index (κ1) is 15.0. The van der Waals surface area contributed by atoms with Crippen molar-refractivity contribution in [3.63, 3.8) is 0 Å². The van der Waals surface area contributed by atoms with Gasteiger partial charge in [-0.25, -0.2) is 4.79 Å². The Morgan fingerprint density at radius 1 is 1.21 bits per heavy atom. The van der Waals surface area contributed by atoms with E-state index in [0.717, 1.165) is 11.4 Å². The minimum Gasteiger partial charge on any atom is -0.355 e. The average molecular weight is 268 g/mol. The fourth-order valence-electron chi connectivity index (χ4n) is 1.68. The summed E-state index contributed by atoms with van der Waals surface area (Å²) in [6, 6.07) is 0. The molecule has 0 bridgehead atoms. The molecule has 0 fully saturated rings. The number of nitrogens with zero attached hydrogens (tertiary/aromatic N) is 1. The van der Waals surface area contributed by atoms with Crippen molar-refractivity contribution in [2.24, 2.45) is 0 Å². The van der Waals surface area contributed by atoms with Gasteiger partial charge in [-0.3, -0.25) is 14.2 Å². The molecule has 1 rings (SSSR count). The van der Waals surface area contributed by atoms with Gasteiger partial charge in [0.2, 0.25) is 11.8 Å². The first-order chi connectivity index (χ1) is 8.91. The lowest BCUT2D eigenvalue weighted by molar-refractivity contribution is -0.122. The standard InChI is InChI=1S/C12H20N4O3/c1-8-9(2)16(12(19)15-8)7-4-11(18)14-6-5-13-10(3)17/h4-7H2,1-3H3,(H,13,17)(H,14,18)(H,15,19). The van der Waals surface area contributed by atoms with Crippen molar-refractivity contribution >= 4 is 11.8 Å². The summed E-state index contributed by atoms with van der Waals surface area (Å²) in [6.45, 7) is 6.22. The van der Waals surface area contributed by atoms with Crippen molar-refractivity contribution in [2.45, 2.75) is 33.7 Å². The van der Waals surface area contributed by atoms with Crippen molar-refractivity contribution in [1.29, 1.82) is 0 Å². The Labute approximate surface area is 111 Å². The van der Waals surface area contributed by atoms with Gasteiger partial charge in [0.25, 0.3) is 0 Å². The number of carbonyl (C=O) groups is 2. The summed E-state index contributed by atoms with van der Waals surface area (Å²) in [5, 5.41) is 5.26. The van der Waals surface area contributed by atoms with Gasteiger partial charge in [0.15, 0.2) is 0 Å². The largest absolute Gasteiger partial charge is 0.355 e. The summed E-state index contributed by atoms with van der Waals surface area (Å²) < 4.78 is 1.54. The van der Waals surface area contributed by atoms with Crippen LogP contribution < -0.4 is 16.3 Å². The lowest BCUT2D eigenvalue weighted by Crippen LogP contribution is -2.34. The molecule has 0 aromatic carbocycles. The minimum absolute atomic E-state index is 0.126. The molecular weight excluding hydrogens is 248 g/mol. The van der Waals surface area contributed by atoms with Crippen LogP contribution >= 0.6 is 0 Å².